The molecule has 0 radical (unpaired) electrons. The molecule has 2 unspecified atom stereocenters. The molecule has 3 aliphatic heterocycles. The molecule has 2 atom stereocenters. The molecule has 2 aromatic carbocycles. The Hall–Kier alpha value is -5.66. The van der Waals surface area contributed by atoms with Crippen LogP contribution in [0.2, 0.25) is 0 Å². The average Bonchev–Trinajstić information content (AvgIpc) is 3.84. The van der Waals surface area contributed by atoms with Gasteiger partial charge in [0.05, 0.1) is 26.7 Å². The monoisotopic (exact) mass is 1110 g/mol. The maximum atomic E-state index is 12.5. The van der Waals surface area contributed by atoms with Gasteiger partial charge in [0.2, 0.25) is 5.69 Å². The van der Waals surface area contributed by atoms with Crippen LogP contribution in [-0.4, -0.2) is 110 Å². The number of unbranched alkanes of at least 4 members (excludes halogenated alkanes) is 4. The van der Waals surface area contributed by atoms with E-state index < -0.39 is 80.6 Å². The molecule has 1 fully saturated rings. The third-order valence-corrected chi connectivity index (χ3v) is 17.1. The Morgan fingerprint density at radius 2 is 1.28 bits per heavy atom. The van der Waals surface area contributed by atoms with E-state index >= 15 is 0 Å². The average molecular weight is 1120 g/mol. The second-order valence-electron chi connectivity index (χ2n) is 19.3. The number of carbonyl (C=O) groups excluding carboxylic acids is 3. The molecule has 406 valence electrons. The van der Waals surface area contributed by atoms with E-state index in [0.29, 0.717) is 91.3 Å². The number of rotatable bonds is 26. The topological polar surface area (TPSA) is 287 Å². The number of hydroxylamine groups is 2. The Labute approximate surface area is 439 Å². The van der Waals surface area contributed by atoms with Gasteiger partial charge in [0.1, 0.15) is 6.54 Å². The van der Waals surface area contributed by atoms with E-state index in [1.807, 2.05) is 73.4 Å². The van der Waals surface area contributed by atoms with Crippen LogP contribution in [0.15, 0.2) is 130 Å². The first kappa shape index (κ1) is 58.6. The van der Waals surface area contributed by atoms with E-state index in [0.717, 1.165) is 11.3 Å². The molecule has 75 heavy (non-hydrogen) atoms. The lowest BCUT2D eigenvalue weighted by molar-refractivity contribution is -0.438. The summed E-state index contributed by atoms with van der Waals surface area (Å²) in [5.74, 6) is -2.90. The third-order valence-electron chi connectivity index (χ3n) is 13.8. The zero-order chi connectivity index (χ0) is 54.8. The van der Waals surface area contributed by atoms with Crippen LogP contribution >= 0.6 is 0 Å². The highest BCUT2D eigenvalue weighted by Gasteiger charge is 2.48. The van der Waals surface area contributed by atoms with Crippen LogP contribution in [0.1, 0.15) is 115 Å². The second kappa shape index (κ2) is 24.6. The minimum atomic E-state index is -4.67. The van der Waals surface area contributed by atoms with Crippen LogP contribution in [0.4, 0.5) is 11.4 Å². The first-order valence-electron chi connectivity index (χ1n) is 24.6. The van der Waals surface area contributed by atoms with E-state index in [2.05, 4.69) is 4.58 Å². The molecule has 4 N–H and O–H groups in total. The van der Waals surface area contributed by atoms with Gasteiger partial charge in [0, 0.05) is 66.7 Å². The van der Waals surface area contributed by atoms with Crippen molar-refractivity contribution < 1.29 is 75.7 Å². The largest absolute Gasteiger partial charge is 0.344 e. The molecule has 2 aromatic rings. The van der Waals surface area contributed by atoms with E-state index in [1.165, 1.54) is 24.3 Å². The number of hydrogen-bond donors (Lipinski definition) is 4. The molecule has 1 aliphatic carbocycles. The number of carbonyl (C=O) groups is 3. The molecule has 0 saturated carbocycles. The summed E-state index contributed by atoms with van der Waals surface area (Å²) in [7, 11) is -17.9. The van der Waals surface area contributed by atoms with Crippen molar-refractivity contribution in [3.05, 3.63) is 132 Å². The number of nitrogens with zero attached hydrogens (tertiary/aromatic N) is 3. The Morgan fingerprint density at radius 1 is 0.680 bits per heavy atom. The van der Waals surface area contributed by atoms with Gasteiger partial charge in [-0.2, -0.15) is 38.2 Å². The lowest BCUT2D eigenvalue weighted by atomic mass is 9.75. The molecule has 6 rings (SSSR count). The summed E-state index contributed by atoms with van der Waals surface area (Å²) in [6.45, 7) is 4.60. The lowest BCUT2D eigenvalue weighted by Gasteiger charge is -2.30. The molecule has 2 amide bonds. The summed E-state index contributed by atoms with van der Waals surface area (Å²) < 4.78 is 138. The number of benzene rings is 2. The van der Waals surface area contributed by atoms with Crippen molar-refractivity contribution >= 4 is 75.3 Å². The summed E-state index contributed by atoms with van der Waals surface area (Å²) in [5.41, 5.74) is 3.02. The predicted molar refractivity (Wildman–Crippen MR) is 282 cm³/mol. The smallest absolute Gasteiger partial charge is 0.333 e. The summed E-state index contributed by atoms with van der Waals surface area (Å²) in [5, 5.41) is 0.494. The van der Waals surface area contributed by atoms with Gasteiger partial charge in [-0.25, -0.2) is 4.79 Å². The molecular weight excluding hydrogens is 1050 g/mol. The predicted octanol–water partition coefficient (Wildman–Crippen LogP) is 7.98. The highest BCUT2D eigenvalue weighted by molar-refractivity contribution is 7.86. The summed E-state index contributed by atoms with van der Waals surface area (Å²) >= 11 is 0. The van der Waals surface area contributed by atoms with E-state index in [4.69, 9.17) is 4.84 Å². The lowest BCUT2D eigenvalue weighted by Crippen LogP contribution is -2.32. The highest BCUT2D eigenvalue weighted by Crippen LogP contribution is 2.52. The van der Waals surface area contributed by atoms with E-state index in [1.54, 1.807) is 30.4 Å². The Bertz CT molecular complexity index is 3250. The van der Waals surface area contributed by atoms with Gasteiger partial charge in [0.15, 0.2) is 5.71 Å². The SMILES string of the molecule is CC1(CCCCS(=O)(=O)O)C(/C=C/C=C/C=C2/N(CCCCCC(=O)ON3C(=O)CCC3=O)c3ccc(S(=O)(=O)O)cc3C2(C)CCCCS(=O)(=O)O)=[N+](CCCC2=C/C=C\C=C/C=C\2)c2ccc(S(=O)(=O)O)cc21. The van der Waals surface area contributed by atoms with Crippen LogP contribution in [-0.2, 0) is 70.5 Å². The molecule has 0 bridgehead atoms. The fraction of sp³-hybridized carbons (Fsp3) is 0.423. The number of fused-ring (bicyclic) bond motifs is 2. The molecule has 3 heterocycles. The quantitative estimate of drug-likeness (QED) is 0.0228. The minimum absolute atomic E-state index is 0.0386. The number of allylic oxidation sites excluding steroid dienone is 14. The van der Waals surface area contributed by atoms with Crippen molar-refractivity contribution in [3.8, 4) is 0 Å². The first-order chi connectivity index (χ1) is 35.2. The van der Waals surface area contributed by atoms with Gasteiger partial charge in [-0.1, -0.05) is 80.0 Å². The van der Waals surface area contributed by atoms with Crippen molar-refractivity contribution in [1.29, 1.82) is 0 Å². The molecule has 1 saturated heterocycles. The molecule has 19 nitrogen and oxygen atoms in total. The van der Waals surface area contributed by atoms with Crippen molar-refractivity contribution in [1.82, 2.24) is 5.06 Å². The minimum Gasteiger partial charge on any atom is -0.344 e. The van der Waals surface area contributed by atoms with Gasteiger partial charge >= 0.3 is 5.97 Å². The highest BCUT2D eigenvalue weighted by atomic mass is 32.2. The summed E-state index contributed by atoms with van der Waals surface area (Å²) in [4.78, 5) is 42.8. The summed E-state index contributed by atoms with van der Waals surface area (Å²) in [6.07, 6.45) is 26.7. The Morgan fingerprint density at radius 3 is 1.92 bits per heavy atom. The molecule has 0 spiro atoms. The van der Waals surface area contributed by atoms with Crippen molar-refractivity contribution in [2.45, 2.75) is 124 Å². The normalized spacial score (nSPS) is 22.7. The van der Waals surface area contributed by atoms with Crippen molar-refractivity contribution in [2.75, 3.05) is 29.5 Å². The maximum absolute atomic E-state index is 12.5. The maximum Gasteiger partial charge on any atom is 0.333 e. The molecule has 23 heteroatoms. The van der Waals surface area contributed by atoms with E-state index in [9.17, 15) is 66.3 Å². The number of amides is 2. The van der Waals surface area contributed by atoms with Gasteiger partial charge in [-0.15, -0.1) is 5.06 Å². The first-order valence-corrected chi connectivity index (χ1v) is 30.7. The van der Waals surface area contributed by atoms with Crippen LogP contribution in [0.5, 0.6) is 0 Å². The van der Waals surface area contributed by atoms with Crippen LogP contribution < -0.4 is 4.90 Å². The molecule has 4 aliphatic rings. The standard InChI is InChI=1S/C52H63N3O16S4/c1-51(31-13-16-35-72(59,60)61)42-37-40(74(65,66)67)25-27-44(42)53(33-15-7-12-24-50(58)71-55-48(56)29-30-49(55)57)46(51)22-10-6-11-23-47-52(2,32-14-17-36-73(62,63)64)43-38-41(75(68,69)70)26-28-45(43)54(47)34-18-21-39-19-8-4-3-5-9-20-39/h3-6,8-11,19-20,22-23,25-28,37-38H,7,12-18,21,24,29-36H2,1-2H3,(H3-,59,60,61,62,63,64,65,66,67,68,69,70)/p+1/b4-3-,5-3?,8-4?,9-5-,19-8-,20-9?,39-19?,39-20+. The zero-order valence-corrected chi connectivity index (χ0v) is 45.0. The van der Waals surface area contributed by atoms with Gasteiger partial charge in [-0.05, 0) is 106 Å². The number of imide groups is 1. The van der Waals surface area contributed by atoms with Gasteiger partial charge in [0.25, 0.3) is 52.3 Å². The Kier molecular flexibility index (Phi) is 19.2. The Balaban J connectivity index is 1.36. The summed E-state index contributed by atoms with van der Waals surface area (Å²) in [6, 6.07) is 8.63. The van der Waals surface area contributed by atoms with Crippen LogP contribution in [0.3, 0.4) is 0 Å². The van der Waals surface area contributed by atoms with E-state index in [-0.39, 0.29) is 54.7 Å². The zero-order valence-electron chi connectivity index (χ0n) is 41.8. The third kappa shape index (κ3) is 15.5. The van der Waals surface area contributed by atoms with Crippen molar-refractivity contribution in [2.24, 2.45) is 0 Å². The van der Waals surface area contributed by atoms with Gasteiger partial charge in [-0.3, -0.25) is 27.8 Å². The second-order valence-corrected chi connectivity index (χ2v) is 25.3. The van der Waals surface area contributed by atoms with Crippen molar-refractivity contribution in [3.63, 3.8) is 0 Å². The number of hydrogen-bond acceptors (Lipinski definition) is 13. The molecule has 0 aromatic heterocycles. The number of anilines is 1. The fourth-order valence-electron chi connectivity index (χ4n) is 10.0. The fourth-order valence-corrected chi connectivity index (χ4v) is 12.2. The van der Waals surface area contributed by atoms with Crippen LogP contribution in [0, 0.1) is 0 Å². The van der Waals surface area contributed by atoms with Gasteiger partial charge < -0.3 is 9.74 Å². The van der Waals surface area contributed by atoms with Crippen LogP contribution in [0.25, 0.3) is 0 Å². The molecular formula is C52H64N3O16S4+.